The van der Waals surface area contributed by atoms with Gasteiger partial charge in [-0.2, -0.15) is 0 Å². The van der Waals surface area contributed by atoms with E-state index in [2.05, 4.69) is 17.4 Å². The third-order valence-corrected chi connectivity index (χ3v) is 4.88. The van der Waals surface area contributed by atoms with Gasteiger partial charge in [0.2, 0.25) is 11.8 Å². The lowest BCUT2D eigenvalue weighted by atomic mass is 10.0. The van der Waals surface area contributed by atoms with Gasteiger partial charge >= 0.3 is 0 Å². The number of hydrogen-bond acceptors (Lipinski definition) is 3. The number of anilines is 2. The minimum Gasteiger partial charge on any atom is -0.494 e. The maximum atomic E-state index is 12.8. The number of carbonyl (C=O) groups is 2. The van der Waals surface area contributed by atoms with E-state index < -0.39 is 0 Å². The highest BCUT2D eigenvalue weighted by molar-refractivity contribution is 6.04. The number of nitrogens with zero attached hydrogens (tertiary/aromatic N) is 1. The van der Waals surface area contributed by atoms with Crippen molar-refractivity contribution >= 4 is 23.2 Å². The molecule has 142 valence electrons. The van der Waals surface area contributed by atoms with Crippen molar-refractivity contribution in [3.05, 3.63) is 53.1 Å². The summed E-state index contributed by atoms with van der Waals surface area (Å²) in [6.45, 7) is 8.93. The third kappa shape index (κ3) is 4.13. The van der Waals surface area contributed by atoms with E-state index >= 15 is 0 Å². The maximum Gasteiger partial charge on any atom is 0.229 e. The van der Waals surface area contributed by atoms with Crippen LogP contribution in [0.3, 0.4) is 0 Å². The van der Waals surface area contributed by atoms with Gasteiger partial charge in [-0.15, -0.1) is 0 Å². The molecule has 3 rings (SSSR count). The highest BCUT2D eigenvalue weighted by Gasteiger charge is 2.35. The van der Waals surface area contributed by atoms with E-state index in [1.54, 1.807) is 4.90 Å². The molecule has 1 N–H and O–H groups in total. The first-order valence-electron chi connectivity index (χ1n) is 9.31. The van der Waals surface area contributed by atoms with Crippen LogP contribution in [0.4, 0.5) is 11.4 Å². The monoisotopic (exact) mass is 366 g/mol. The predicted molar refractivity (Wildman–Crippen MR) is 107 cm³/mol. The second-order valence-corrected chi connectivity index (χ2v) is 7.10. The fourth-order valence-electron chi connectivity index (χ4n) is 3.62. The van der Waals surface area contributed by atoms with Gasteiger partial charge in [0.25, 0.3) is 0 Å². The molecule has 1 fully saturated rings. The van der Waals surface area contributed by atoms with Crippen LogP contribution < -0.4 is 15.0 Å². The van der Waals surface area contributed by atoms with Gasteiger partial charge < -0.3 is 15.0 Å². The number of ether oxygens (including phenoxy) is 1. The van der Waals surface area contributed by atoms with Gasteiger partial charge in [0.1, 0.15) is 5.75 Å². The minimum absolute atomic E-state index is 0.0309. The van der Waals surface area contributed by atoms with E-state index in [0.29, 0.717) is 13.2 Å². The van der Waals surface area contributed by atoms with Crippen molar-refractivity contribution in [3.63, 3.8) is 0 Å². The van der Waals surface area contributed by atoms with Gasteiger partial charge in [-0.1, -0.05) is 17.7 Å². The second-order valence-electron chi connectivity index (χ2n) is 7.10. The summed E-state index contributed by atoms with van der Waals surface area (Å²) < 4.78 is 5.44. The topological polar surface area (TPSA) is 58.6 Å². The Hall–Kier alpha value is -2.82. The van der Waals surface area contributed by atoms with E-state index in [1.165, 1.54) is 5.56 Å². The molecule has 1 aliphatic heterocycles. The molecule has 0 radical (unpaired) electrons. The van der Waals surface area contributed by atoms with Crippen LogP contribution >= 0.6 is 0 Å². The highest BCUT2D eigenvalue weighted by Crippen LogP contribution is 2.29. The largest absolute Gasteiger partial charge is 0.494 e. The zero-order chi connectivity index (χ0) is 19.6. The fourth-order valence-corrected chi connectivity index (χ4v) is 3.62. The van der Waals surface area contributed by atoms with Crippen LogP contribution in [0.25, 0.3) is 0 Å². The number of hydrogen-bond donors (Lipinski definition) is 1. The molecule has 0 saturated carbocycles. The van der Waals surface area contributed by atoms with Crippen molar-refractivity contribution in [3.8, 4) is 5.75 Å². The molecular formula is C22H26N2O3. The van der Waals surface area contributed by atoms with Crippen molar-refractivity contribution in [1.29, 1.82) is 0 Å². The normalized spacial score (nSPS) is 16.5. The molecule has 0 spiro atoms. The molecule has 1 atom stereocenters. The molecule has 0 aliphatic carbocycles. The SMILES string of the molecule is CCOc1ccc(N2C[C@@H](C(=O)Nc3c(C)cc(C)cc3C)CC2=O)cc1. The van der Waals surface area contributed by atoms with E-state index in [0.717, 1.165) is 28.3 Å². The average molecular weight is 366 g/mol. The Morgan fingerprint density at radius 3 is 2.37 bits per heavy atom. The second kappa shape index (κ2) is 7.82. The number of benzene rings is 2. The standard InChI is InChI=1S/C22H26N2O3/c1-5-27-19-8-6-18(7-9-19)24-13-17(12-20(24)25)22(26)23-21-15(3)10-14(2)11-16(21)4/h6-11,17H,5,12-13H2,1-4H3,(H,23,26)/t17-/m0/s1. The highest BCUT2D eigenvalue weighted by atomic mass is 16.5. The molecule has 0 unspecified atom stereocenters. The molecule has 5 heteroatoms. The van der Waals surface area contributed by atoms with E-state index in [9.17, 15) is 9.59 Å². The van der Waals surface area contributed by atoms with Crippen molar-refractivity contribution in [1.82, 2.24) is 0 Å². The first-order valence-corrected chi connectivity index (χ1v) is 9.31. The van der Waals surface area contributed by atoms with Gasteiger partial charge in [0.15, 0.2) is 0 Å². The van der Waals surface area contributed by atoms with Crippen LogP contribution in [0, 0.1) is 26.7 Å². The lowest BCUT2D eigenvalue weighted by molar-refractivity contribution is -0.122. The van der Waals surface area contributed by atoms with Gasteiger partial charge in [-0.25, -0.2) is 0 Å². The average Bonchev–Trinajstić information content (AvgIpc) is 3.01. The number of nitrogens with one attached hydrogen (secondary N) is 1. The van der Waals surface area contributed by atoms with Crippen molar-refractivity contribution in [2.24, 2.45) is 5.92 Å². The Morgan fingerprint density at radius 1 is 1.15 bits per heavy atom. The minimum atomic E-state index is -0.357. The number of rotatable bonds is 5. The molecule has 5 nitrogen and oxygen atoms in total. The van der Waals surface area contributed by atoms with Crippen LogP contribution in [-0.2, 0) is 9.59 Å². The molecule has 1 aliphatic rings. The Kier molecular flexibility index (Phi) is 5.49. The van der Waals surface area contributed by atoms with Crippen molar-refractivity contribution < 1.29 is 14.3 Å². The van der Waals surface area contributed by atoms with Crippen LogP contribution in [0.5, 0.6) is 5.75 Å². The molecule has 1 heterocycles. The van der Waals surface area contributed by atoms with Crippen LogP contribution in [0.1, 0.15) is 30.0 Å². The number of carbonyl (C=O) groups excluding carboxylic acids is 2. The zero-order valence-corrected chi connectivity index (χ0v) is 16.3. The first-order chi connectivity index (χ1) is 12.9. The quantitative estimate of drug-likeness (QED) is 0.870. The van der Waals surface area contributed by atoms with Gasteiger partial charge in [-0.05, 0) is 63.1 Å². The summed E-state index contributed by atoms with van der Waals surface area (Å²) in [4.78, 5) is 26.9. The summed E-state index contributed by atoms with van der Waals surface area (Å²) in [7, 11) is 0. The van der Waals surface area contributed by atoms with Gasteiger partial charge in [0, 0.05) is 24.3 Å². The van der Waals surface area contributed by atoms with Gasteiger partial charge in [0.05, 0.1) is 12.5 Å². The Labute approximate surface area is 160 Å². The molecule has 1 saturated heterocycles. The zero-order valence-electron chi connectivity index (χ0n) is 16.3. The molecular weight excluding hydrogens is 340 g/mol. The van der Waals surface area contributed by atoms with E-state index in [-0.39, 0.29) is 24.2 Å². The number of amides is 2. The lowest BCUT2D eigenvalue weighted by Gasteiger charge is -2.18. The summed E-state index contributed by atoms with van der Waals surface area (Å²) in [5.41, 5.74) is 4.88. The summed E-state index contributed by atoms with van der Waals surface area (Å²) in [6.07, 6.45) is 0.225. The van der Waals surface area contributed by atoms with E-state index in [4.69, 9.17) is 4.74 Å². The lowest BCUT2D eigenvalue weighted by Crippen LogP contribution is -2.28. The van der Waals surface area contributed by atoms with Gasteiger partial charge in [-0.3, -0.25) is 9.59 Å². The van der Waals surface area contributed by atoms with Crippen LogP contribution in [0.2, 0.25) is 0 Å². The Bertz CT molecular complexity index is 835. The smallest absolute Gasteiger partial charge is 0.229 e. The predicted octanol–water partition coefficient (Wildman–Crippen LogP) is 4.00. The summed E-state index contributed by atoms with van der Waals surface area (Å²) in [6, 6.07) is 11.5. The molecule has 2 aromatic rings. The van der Waals surface area contributed by atoms with Crippen molar-refractivity contribution in [2.75, 3.05) is 23.4 Å². The summed E-state index contributed by atoms with van der Waals surface area (Å²) >= 11 is 0. The van der Waals surface area contributed by atoms with Crippen LogP contribution in [0.15, 0.2) is 36.4 Å². The van der Waals surface area contributed by atoms with E-state index in [1.807, 2.05) is 52.0 Å². The third-order valence-electron chi connectivity index (χ3n) is 4.88. The van der Waals surface area contributed by atoms with Crippen LogP contribution in [-0.4, -0.2) is 25.0 Å². The Balaban J connectivity index is 1.70. The molecule has 27 heavy (non-hydrogen) atoms. The molecule has 2 amide bonds. The maximum absolute atomic E-state index is 12.8. The number of aryl methyl sites for hydroxylation is 3. The Morgan fingerprint density at radius 2 is 1.78 bits per heavy atom. The first kappa shape index (κ1) is 19.0. The molecule has 2 aromatic carbocycles. The van der Waals surface area contributed by atoms with Crippen molar-refractivity contribution in [2.45, 2.75) is 34.1 Å². The summed E-state index contributed by atoms with van der Waals surface area (Å²) in [5, 5.41) is 3.03. The summed E-state index contributed by atoms with van der Waals surface area (Å²) in [5.74, 6) is 0.278. The molecule has 0 bridgehead atoms. The molecule has 0 aromatic heterocycles. The fraction of sp³-hybridized carbons (Fsp3) is 0.364.